The third-order valence-corrected chi connectivity index (χ3v) is 7.11. The van der Waals surface area contributed by atoms with Crippen LogP contribution in [0.2, 0.25) is 0 Å². The molecule has 8 nitrogen and oxygen atoms in total. The number of carbonyl (C=O) groups is 1. The Labute approximate surface area is 188 Å². The van der Waals surface area contributed by atoms with Gasteiger partial charge in [-0.2, -0.15) is 0 Å². The average Bonchev–Trinajstić information content (AvgIpc) is 3.46. The summed E-state index contributed by atoms with van der Waals surface area (Å²) in [6.45, 7) is 0. The van der Waals surface area contributed by atoms with Crippen LogP contribution in [-0.4, -0.2) is 48.8 Å². The smallest absolute Gasteiger partial charge is 0.262 e. The molecule has 0 saturated carbocycles. The summed E-state index contributed by atoms with van der Waals surface area (Å²) >= 11 is 2.95. The molecule has 0 fully saturated rings. The zero-order chi connectivity index (χ0) is 22.1. The van der Waals surface area contributed by atoms with E-state index in [2.05, 4.69) is 15.3 Å². The molecule has 0 aliphatic carbocycles. The fraction of sp³-hybridized carbons (Fsp3) is 0.286. The minimum atomic E-state index is -0.484. The van der Waals surface area contributed by atoms with Crippen LogP contribution in [0.5, 0.6) is 11.5 Å². The van der Waals surface area contributed by atoms with Crippen LogP contribution in [0.1, 0.15) is 27.1 Å². The van der Waals surface area contributed by atoms with Crippen molar-refractivity contribution in [3.05, 3.63) is 52.9 Å². The zero-order valence-electron chi connectivity index (χ0n) is 17.9. The van der Waals surface area contributed by atoms with Gasteiger partial charge in [0.05, 0.1) is 23.8 Å². The molecule has 31 heavy (non-hydrogen) atoms. The summed E-state index contributed by atoms with van der Waals surface area (Å²) in [4.78, 5) is 25.7. The fourth-order valence-corrected chi connectivity index (χ4v) is 5.21. The van der Waals surface area contributed by atoms with Gasteiger partial charge in [0.15, 0.2) is 5.13 Å². The third-order valence-electron chi connectivity index (χ3n) is 4.78. The quantitative estimate of drug-likeness (QED) is 0.456. The van der Waals surface area contributed by atoms with E-state index in [9.17, 15) is 4.79 Å². The maximum absolute atomic E-state index is 13.2. The average molecular weight is 458 g/mol. The van der Waals surface area contributed by atoms with Gasteiger partial charge in [0.25, 0.3) is 5.91 Å². The van der Waals surface area contributed by atoms with Gasteiger partial charge in [0.2, 0.25) is 0 Å². The van der Waals surface area contributed by atoms with Gasteiger partial charge in [-0.15, -0.1) is 11.3 Å². The highest BCUT2D eigenvalue weighted by atomic mass is 32.1. The molecule has 162 valence electrons. The van der Waals surface area contributed by atoms with Crippen molar-refractivity contribution < 1.29 is 14.3 Å². The van der Waals surface area contributed by atoms with Crippen molar-refractivity contribution in [2.24, 2.45) is 7.05 Å². The van der Waals surface area contributed by atoms with Crippen LogP contribution < -0.4 is 19.7 Å². The van der Waals surface area contributed by atoms with E-state index in [0.717, 1.165) is 20.2 Å². The molecule has 4 rings (SSSR count). The lowest BCUT2D eigenvalue weighted by Gasteiger charge is -2.20. The maximum Gasteiger partial charge on any atom is 0.262 e. The highest BCUT2D eigenvalue weighted by Gasteiger charge is 2.24. The standard InChI is InChI=1S/C21H23N5O3S2/c1-25(2)21-24-20-16(31-21)11-15(30-20)19(27)23-17(18-22-6-7-26(18)3)12-8-13(28-4)10-14(9-12)29-5/h6-11,17H,1-5H3,(H,23,27). The first kappa shape index (κ1) is 21.1. The monoisotopic (exact) mass is 457 g/mol. The van der Waals surface area contributed by atoms with Crippen LogP contribution in [0.15, 0.2) is 36.7 Å². The summed E-state index contributed by atoms with van der Waals surface area (Å²) < 4.78 is 13.7. The lowest BCUT2D eigenvalue weighted by atomic mass is 10.0. The molecule has 3 heterocycles. The SMILES string of the molecule is COc1cc(OC)cc(C(NC(=O)c2cc3sc(N(C)C)nc3s2)c2nccn2C)c1. The van der Waals surface area contributed by atoms with E-state index in [1.165, 1.54) is 11.3 Å². The molecule has 4 aromatic rings. The number of aryl methyl sites for hydroxylation is 1. The summed E-state index contributed by atoms with van der Waals surface area (Å²) in [5.41, 5.74) is 0.810. The first-order valence-electron chi connectivity index (χ1n) is 9.48. The largest absolute Gasteiger partial charge is 0.497 e. The number of thiophene rings is 1. The third kappa shape index (κ3) is 4.21. The number of hydrogen-bond acceptors (Lipinski definition) is 8. The van der Waals surface area contributed by atoms with Crippen LogP contribution in [0.4, 0.5) is 5.13 Å². The molecular formula is C21H23N5O3S2. The van der Waals surface area contributed by atoms with E-state index >= 15 is 0 Å². The number of benzene rings is 1. The minimum Gasteiger partial charge on any atom is -0.497 e. The molecule has 0 aliphatic rings. The predicted octanol–water partition coefficient (Wildman–Crippen LogP) is 3.69. The Morgan fingerprint density at radius 3 is 2.39 bits per heavy atom. The van der Waals surface area contributed by atoms with Gasteiger partial charge in [-0.1, -0.05) is 11.3 Å². The Kier molecular flexibility index (Phi) is 5.84. The van der Waals surface area contributed by atoms with Gasteiger partial charge in [-0.25, -0.2) is 9.97 Å². The normalized spacial score (nSPS) is 12.0. The number of imidazole rings is 1. The van der Waals surface area contributed by atoms with Crippen molar-refractivity contribution in [3.63, 3.8) is 0 Å². The van der Waals surface area contributed by atoms with E-state index in [4.69, 9.17) is 9.47 Å². The minimum absolute atomic E-state index is 0.184. The summed E-state index contributed by atoms with van der Waals surface area (Å²) in [7, 11) is 9.00. The highest BCUT2D eigenvalue weighted by molar-refractivity contribution is 7.29. The van der Waals surface area contributed by atoms with Gasteiger partial charge in [0.1, 0.15) is 28.2 Å². The molecular weight excluding hydrogens is 434 g/mol. The Bertz CT molecular complexity index is 1170. The van der Waals surface area contributed by atoms with Crippen LogP contribution in [0.3, 0.4) is 0 Å². The van der Waals surface area contributed by atoms with E-state index in [1.807, 2.05) is 55.0 Å². The Morgan fingerprint density at radius 2 is 1.84 bits per heavy atom. The molecule has 1 atom stereocenters. The van der Waals surface area contributed by atoms with Crippen LogP contribution >= 0.6 is 22.7 Å². The molecule has 0 radical (unpaired) electrons. The summed E-state index contributed by atoms with van der Waals surface area (Å²) in [5.74, 6) is 1.80. The van der Waals surface area contributed by atoms with E-state index in [0.29, 0.717) is 22.2 Å². The number of nitrogens with one attached hydrogen (secondary N) is 1. The van der Waals surface area contributed by atoms with E-state index in [1.54, 1.807) is 37.8 Å². The molecule has 0 saturated heterocycles. The fourth-order valence-electron chi connectivity index (χ4n) is 3.18. The first-order valence-corrected chi connectivity index (χ1v) is 11.1. The number of thiazole rings is 1. The second-order valence-corrected chi connectivity index (χ2v) is 9.16. The number of fused-ring (bicyclic) bond motifs is 1. The molecule has 1 N–H and O–H groups in total. The second kappa shape index (κ2) is 8.56. The molecule has 1 amide bonds. The Hall–Kier alpha value is -3.11. The lowest BCUT2D eigenvalue weighted by Crippen LogP contribution is -2.30. The maximum atomic E-state index is 13.2. The zero-order valence-corrected chi connectivity index (χ0v) is 19.5. The summed E-state index contributed by atoms with van der Waals surface area (Å²) in [5, 5.41) is 4.05. The van der Waals surface area contributed by atoms with Gasteiger partial charge in [-0.05, 0) is 23.8 Å². The van der Waals surface area contributed by atoms with Crippen LogP contribution in [0, 0.1) is 0 Å². The van der Waals surface area contributed by atoms with Gasteiger partial charge in [0, 0.05) is 39.6 Å². The van der Waals surface area contributed by atoms with Crippen LogP contribution in [0.25, 0.3) is 9.53 Å². The van der Waals surface area contributed by atoms with E-state index < -0.39 is 6.04 Å². The summed E-state index contributed by atoms with van der Waals surface area (Å²) in [6, 6.07) is 6.95. The van der Waals surface area contributed by atoms with Gasteiger partial charge < -0.3 is 24.3 Å². The molecule has 0 spiro atoms. The van der Waals surface area contributed by atoms with Crippen molar-refractivity contribution in [2.45, 2.75) is 6.04 Å². The number of amides is 1. The predicted molar refractivity (Wildman–Crippen MR) is 124 cm³/mol. The van der Waals surface area contributed by atoms with Crippen molar-refractivity contribution in [3.8, 4) is 11.5 Å². The topological polar surface area (TPSA) is 81.5 Å². The number of nitrogens with zero attached hydrogens (tertiary/aromatic N) is 4. The first-order chi connectivity index (χ1) is 14.9. The van der Waals surface area contributed by atoms with E-state index in [-0.39, 0.29) is 5.91 Å². The Morgan fingerprint density at radius 1 is 1.13 bits per heavy atom. The highest BCUT2D eigenvalue weighted by Crippen LogP contribution is 2.35. The van der Waals surface area contributed by atoms with Gasteiger partial charge >= 0.3 is 0 Å². The lowest BCUT2D eigenvalue weighted by molar-refractivity contribution is 0.0945. The number of aromatic nitrogens is 3. The molecule has 0 bridgehead atoms. The Balaban J connectivity index is 1.69. The van der Waals surface area contributed by atoms with Crippen molar-refractivity contribution in [2.75, 3.05) is 33.2 Å². The molecule has 10 heteroatoms. The number of anilines is 1. The number of ether oxygens (including phenoxy) is 2. The molecule has 0 aliphatic heterocycles. The van der Waals surface area contributed by atoms with Crippen molar-refractivity contribution in [1.82, 2.24) is 19.9 Å². The number of rotatable bonds is 7. The summed E-state index contributed by atoms with van der Waals surface area (Å²) in [6.07, 6.45) is 3.55. The van der Waals surface area contributed by atoms with Crippen molar-refractivity contribution in [1.29, 1.82) is 0 Å². The molecule has 3 aromatic heterocycles. The molecule has 1 aromatic carbocycles. The van der Waals surface area contributed by atoms with Crippen LogP contribution in [-0.2, 0) is 7.05 Å². The second-order valence-electron chi connectivity index (χ2n) is 7.12. The number of carbonyl (C=O) groups excluding carboxylic acids is 1. The van der Waals surface area contributed by atoms with Gasteiger partial charge in [-0.3, -0.25) is 4.79 Å². The number of hydrogen-bond donors (Lipinski definition) is 1. The van der Waals surface area contributed by atoms with Crippen molar-refractivity contribution >= 4 is 43.2 Å². The number of methoxy groups -OCH3 is 2. The molecule has 1 unspecified atom stereocenters.